The molecule has 71 heavy (non-hydrogen) atoms. The van der Waals surface area contributed by atoms with Crippen molar-refractivity contribution >= 4 is 109 Å². The first-order valence-corrected chi connectivity index (χ1v) is 22.7. The topological polar surface area (TPSA) is 71.5 Å². The highest BCUT2D eigenvalue weighted by Gasteiger charge is 2.28. The van der Waals surface area contributed by atoms with Crippen LogP contribution in [-0.2, 0) is 0 Å². The molecule has 8 nitrogen and oxygen atoms in total. The van der Waals surface area contributed by atoms with Crippen molar-refractivity contribution < 1.29 is 25.0 Å². The molecule has 0 aliphatic carbocycles. The molecule has 0 bridgehead atoms. The van der Waals surface area contributed by atoms with Crippen LogP contribution in [0.2, 0.25) is 0 Å². The average Bonchev–Trinajstić information content (AvgIpc) is 2.16. The van der Waals surface area contributed by atoms with Gasteiger partial charge in [0.05, 0.1) is 87.0 Å². The molecular weight excluding hydrogens is 871 g/mol. The Morgan fingerprint density at radius 3 is 1.32 bits per heavy atom. The third-order valence-corrected chi connectivity index (χ3v) is 13.6. The second kappa shape index (κ2) is 14.4. The first-order chi connectivity index (χ1) is 41.5. The van der Waals surface area contributed by atoms with E-state index < -0.39 is 72.5 Å². The van der Waals surface area contributed by atoms with Crippen molar-refractivity contribution in [3.63, 3.8) is 0 Å². The van der Waals surface area contributed by atoms with Crippen LogP contribution in [0.5, 0.6) is 0 Å². The van der Waals surface area contributed by atoms with E-state index in [0.717, 1.165) is 0 Å². The van der Waals surface area contributed by atoms with E-state index in [0.29, 0.717) is 70.9 Å². The molecule has 0 unspecified atom stereocenters. The van der Waals surface area contributed by atoms with Crippen LogP contribution >= 0.6 is 0 Å². The molecule has 330 valence electrons. The molecule has 0 atom stereocenters. The Labute approximate surface area is 425 Å². The van der Waals surface area contributed by atoms with Gasteiger partial charge in [-0.1, -0.05) is 151 Å². The predicted molar refractivity (Wildman–Crippen MR) is 290 cm³/mol. The molecule has 6 aromatic heterocycles. The maximum atomic E-state index is 10.4. The highest BCUT2D eigenvalue weighted by molar-refractivity contribution is 6.25. The van der Waals surface area contributed by atoms with Crippen LogP contribution < -0.4 is 0 Å². The summed E-state index contributed by atoms with van der Waals surface area (Å²) in [5.74, 6) is -0.905. The smallest absolute Gasteiger partial charge is 0.240 e. The summed E-state index contributed by atoms with van der Waals surface area (Å²) in [6.45, 7) is 0. The lowest BCUT2D eigenvalue weighted by atomic mass is 10.1. The van der Waals surface area contributed by atoms with Crippen molar-refractivity contribution in [3.8, 4) is 34.7 Å². The molecule has 0 amide bonds. The quantitative estimate of drug-likeness (QED) is 0.172. The lowest BCUT2D eigenvalue weighted by Gasteiger charge is -2.20. The summed E-state index contributed by atoms with van der Waals surface area (Å²) in [7, 11) is 0. The van der Waals surface area contributed by atoms with Gasteiger partial charge < -0.3 is 13.6 Å². The molecule has 0 fully saturated rings. The fraction of sp³-hybridized carbons (Fsp3) is 0. The Morgan fingerprint density at radius 2 is 0.761 bits per heavy atom. The molecule has 0 radical (unpaired) electrons. The van der Waals surface area contributed by atoms with Crippen molar-refractivity contribution in [1.29, 1.82) is 0 Å². The standard InChI is InChI=1S/C63H37N7O/c1-9-26-47-38(18-1)39-19-2-10-27-48(39)67(47)54-33-17-34-55(68-49-28-11-7-24-44(49)45-36-37-57-58(60(45)68)46-25-8-16-35-56(46)71-57)59(54)61-64-62(69-50-29-12-3-20-40(50)41-21-4-13-30-51(41)69)66-63(65-61)70-52-31-14-5-22-42(52)43-23-6-15-32-53(43)70/h1-37H/i1D,3D,5D,9D,12D,14D,17D,18D,20D,22D,26D,29D,31D,33D,34D. The van der Waals surface area contributed by atoms with Crippen LogP contribution in [0, 0.1) is 0 Å². The van der Waals surface area contributed by atoms with Gasteiger partial charge in [-0.25, -0.2) is 0 Å². The Hall–Kier alpha value is -9.79. The summed E-state index contributed by atoms with van der Waals surface area (Å²) in [5, 5.41) is 4.26. The summed E-state index contributed by atoms with van der Waals surface area (Å²) in [6, 6.07) is 31.9. The van der Waals surface area contributed by atoms with Crippen LogP contribution in [0.15, 0.2) is 229 Å². The van der Waals surface area contributed by atoms with E-state index in [-0.39, 0.29) is 91.0 Å². The number of aromatic nitrogens is 7. The minimum absolute atomic E-state index is 0.0382. The van der Waals surface area contributed by atoms with E-state index in [1.165, 1.54) is 13.7 Å². The van der Waals surface area contributed by atoms with E-state index in [9.17, 15) is 12.3 Å². The number of hydrogen-bond acceptors (Lipinski definition) is 4. The zero-order chi connectivity index (χ0) is 59.4. The number of para-hydroxylation sites is 8. The first-order valence-electron chi connectivity index (χ1n) is 30.2. The van der Waals surface area contributed by atoms with Crippen molar-refractivity contribution in [3.05, 3.63) is 224 Å². The Morgan fingerprint density at radius 1 is 0.324 bits per heavy atom. The fourth-order valence-corrected chi connectivity index (χ4v) is 10.8. The number of hydrogen-bond donors (Lipinski definition) is 0. The summed E-state index contributed by atoms with van der Waals surface area (Å²) in [4.78, 5) is 15.9. The van der Waals surface area contributed by atoms with E-state index >= 15 is 0 Å². The third kappa shape index (κ3) is 5.25. The monoisotopic (exact) mass is 922 g/mol. The highest BCUT2D eigenvalue weighted by Crippen LogP contribution is 2.45. The molecule has 0 spiro atoms. The van der Waals surface area contributed by atoms with Gasteiger partial charge in [0, 0.05) is 48.5 Å². The lowest BCUT2D eigenvalue weighted by molar-refractivity contribution is 0.669. The predicted octanol–water partition coefficient (Wildman–Crippen LogP) is 15.8. The SMILES string of the molecule is [2H]c1c([2H])c(-n2c3ccccc3c3c([2H])c([2H])c([2H])c([2H])c32)c(-c2nc(-n3c4ccccc4c4c([2H])c([2H])c([2H])c([2H])c43)nc(-n3c4ccccc4c4c([2H])c([2H])c([2H])c([2H])c43)n2)c(-n2c3ccccc3c3ccc4oc5ccccc5c4c32)c1[2H]. The van der Waals surface area contributed by atoms with Crippen LogP contribution in [-0.4, -0.2) is 33.2 Å². The molecule has 10 aromatic carbocycles. The van der Waals surface area contributed by atoms with E-state index in [1.807, 2.05) is 60.7 Å². The highest BCUT2D eigenvalue weighted by atomic mass is 16.3. The van der Waals surface area contributed by atoms with Crippen LogP contribution in [0.1, 0.15) is 20.6 Å². The molecule has 16 rings (SSSR count). The average molecular weight is 923 g/mol. The van der Waals surface area contributed by atoms with Gasteiger partial charge in [0.25, 0.3) is 0 Å². The third-order valence-electron chi connectivity index (χ3n) is 13.6. The molecule has 0 saturated heterocycles. The van der Waals surface area contributed by atoms with Gasteiger partial charge in [-0.2, -0.15) is 15.0 Å². The van der Waals surface area contributed by atoms with E-state index in [1.54, 1.807) is 77.4 Å². The molecule has 0 aliphatic heterocycles. The van der Waals surface area contributed by atoms with Gasteiger partial charge in [-0.15, -0.1) is 0 Å². The summed E-state index contributed by atoms with van der Waals surface area (Å²) in [5.41, 5.74) is 2.42. The largest absolute Gasteiger partial charge is 0.456 e. The van der Waals surface area contributed by atoms with Crippen LogP contribution in [0.25, 0.3) is 144 Å². The van der Waals surface area contributed by atoms with Gasteiger partial charge in [0.2, 0.25) is 11.9 Å². The minimum Gasteiger partial charge on any atom is -0.456 e. The van der Waals surface area contributed by atoms with Gasteiger partial charge in [0.1, 0.15) is 11.2 Å². The fourth-order valence-electron chi connectivity index (χ4n) is 10.8. The molecule has 0 saturated carbocycles. The minimum atomic E-state index is -0.591. The van der Waals surface area contributed by atoms with Crippen molar-refractivity contribution in [2.45, 2.75) is 0 Å². The van der Waals surface area contributed by atoms with Gasteiger partial charge in [-0.3, -0.25) is 9.13 Å². The molecule has 0 aliphatic rings. The zero-order valence-electron chi connectivity index (χ0n) is 51.7. The number of rotatable bonds is 5. The number of nitrogens with zero attached hydrogens (tertiary/aromatic N) is 7. The van der Waals surface area contributed by atoms with Crippen molar-refractivity contribution in [1.82, 2.24) is 33.2 Å². The van der Waals surface area contributed by atoms with E-state index in [4.69, 9.17) is 27.6 Å². The van der Waals surface area contributed by atoms with Crippen LogP contribution in [0.3, 0.4) is 0 Å². The van der Waals surface area contributed by atoms with Crippen molar-refractivity contribution in [2.75, 3.05) is 0 Å². The number of furan rings is 1. The second-order valence-electron chi connectivity index (χ2n) is 17.2. The normalized spacial score (nSPS) is 15.2. The van der Waals surface area contributed by atoms with E-state index in [2.05, 4.69) is 0 Å². The maximum Gasteiger partial charge on any atom is 0.240 e. The van der Waals surface area contributed by atoms with Crippen LogP contribution in [0.4, 0.5) is 0 Å². The Bertz CT molecular complexity index is 5670. The molecule has 16 aromatic rings. The molecular formula is C63H37N7O. The molecule has 6 heterocycles. The number of benzene rings is 10. The Balaban J connectivity index is 1.20. The Kier molecular flexibility index (Phi) is 5.40. The molecule has 0 N–H and O–H groups in total. The summed E-state index contributed by atoms with van der Waals surface area (Å²) in [6.07, 6.45) is 0. The molecule has 8 heteroatoms. The van der Waals surface area contributed by atoms with Gasteiger partial charge >= 0.3 is 0 Å². The maximum absolute atomic E-state index is 10.4. The van der Waals surface area contributed by atoms with Gasteiger partial charge in [0.15, 0.2) is 5.82 Å². The lowest BCUT2D eigenvalue weighted by Crippen LogP contribution is -2.12. The first kappa shape index (κ1) is 26.7. The number of fused-ring (bicyclic) bond motifs is 16. The summed E-state index contributed by atoms with van der Waals surface area (Å²) < 4.78 is 154. The second-order valence-corrected chi connectivity index (χ2v) is 17.2. The van der Waals surface area contributed by atoms with Crippen molar-refractivity contribution in [2.24, 2.45) is 0 Å². The summed E-state index contributed by atoms with van der Waals surface area (Å²) >= 11 is 0. The van der Waals surface area contributed by atoms with Gasteiger partial charge in [-0.05, 0) is 72.7 Å². The zero-order valence-corrected chi connectivity index (χ0v) is 36.7.